The third-order valence-corrected chi connectivity index (χ3v) is 4.96. The predicted molar refractivity (Wildman–Crippen MR) is 82.3 cm³/mol. The van der Waals surface area contributed by atoms with Gasteiger partial charge >= 0.3 is 0 Å². The molecule has 0 heterocycles. The highest BCUT2D eigenvalue weighted by atomic mass is 35.5. The van der Waals surface area contributed by atoms with Crippen LogP contribution in [0.25, 0.3) is 0 Å². The first kappa shape index (κ1) is 15.2. The molecule has 0 amide bonds. The fourth-order valence-electron chi connectivity index (χ4n) is 3.07. The minimum Gasteiger partial charge on any atom is -0.385 e. The average molecular weight is 301 g/mol. The molecular weight excluding hydrogens is 279 g/mol. The van der Waals surface area contributed by atoms with Gasteiger partial charge in [0.2, 0.25) is 0 Å². The highest BCUT2D eigenvalue weighted by Gasteiger charge is 2.22. The van der Waals surface area contributed by atoms with Crippen molar-refractivity contribution in [3.63, 3.8) is 0 Å². The number of methoxy groups -OCH3 is 1. The summed E-state index contributed by atoms with van der Waals surface area (Å²) in [4.78, 5) is 0. The monoisotopic (exact) mass is 300 g/mol. The molecule has 0 unspecified atom stereocenters. The van der Waals surface area contributed by atoms with Gasteiger partial charge in [-0.25, -0.2) is 0 Å². The third-order valence-electron chi connectivity index (χ3n) is 4.22. The van der Waals surface area contributed by atoms with Crippen LogP contribution in [-0.4, -0.2) is 13.7 Å². The zero-order valence-electron chi connectivity index (χ0n) is 11.5. The molecule has 19 heavy (non-hydrogen) atoms. The molecule has 2 rings (SSSR count). The summed E-state index contributed by atoms with van der Waals surface area (Å²) in [6.07, 6.45) is 7.70. The maximum absolute atomic E-state index is 6.10. The fourth-order valence-corrected chi connectivity index (χ4v) is 3.37. The number of ether oxygens (including phenoxy) is 1. The Kier molecular flexibility index (Phi) is 6.00. The summed E-state index contributed by atoms with van der Waals surface area (Å²) in [7, 11) is 1.78. The smallest absolute Gasteiger partial charge is 0.0595 e. The molecule has 0 spiro atoms. The summed E-state index contributed by atoms with van der Waals surface area (Å²) in [5.41, 5.74) is 1.35. The van der Waals surface area contributed by atoms with Crippen molar-refractivity contribution in [2.75, 3.05) is 13.7 Å². The zero-order valence-corrected chi connectivity index (χ0v) is 13.0. The lowest BCUT2D eigenvalue weighted by atomic mass is 9.77. The summed E-state index contributed by atoms with van der Waals surface area (Å²) >= 11 is 12.1. The van der Waals surface area contributed by atoms with Crippen molar-refractivity contribution in [3.8, 4) is 0 Å². The summed E-state index contributed by atoms with van der Waals surface area (Å²) in [5, 5.41) is 1.33. The fraction of sp³-hybridized carbons (Fsp3) is 0.625. The molecule has 0 N–H and O–H groups in total. The molecule has 0 radical (unpaired) electrons. The third kappa shape index (κ3) is 4.37. The van der Waals surface area contributed by atoms with Gasteiger partial charge < -0.3 is 4.74 Å². The van der Waals surface area contributed by atoms with Crippen molar-refractivity contribution in [2.24, 2.45) is 5.92 Å². The molecule has 1 saturated carbocycles. The SMILES string of the molecule is COCCCC1CCC(c2ccc(Cl)c(Cl)c2)CC1. The molecular formula is C16H22Cl2O. The second kappa shape index (κ2) is 7.52. The minimum absolute atomic E-state index is 0.652. The van der Waals surface area contributed by atoms with Gasteiger partial charge in [0.25, 0.3) is 0 Å². The van der Waals surface area contributed by atoms with E-state index in [0.29, 0.717) is 16.0 Å². The van der Waals surface area contributed by atoms with Crippen LogP contribution < -0.4 is 0 Å². The molecule has 0 bridgehead atoms. The van der Waals surface area contributed by atoms with Gasteiger partial charge in [-0.1, -0.05) is 29.3 Å². The molecule has 1 aromatic carbocycles. The van der Waals surface area contributed by atoms with Crippen LogP contribution in [0.1, 0.15) is 50.0 Å². The quantitative estimate of drug-likeness (QED) is 0.634. The number of hydrogen-bond donors (Lipinski definition) is 0. The van der Waals surface area contributed by atoms with E-state index in [9.17, 15) is 0 Å². The Labute approximate surface area is 126 Å². The van der Waals surface area contributed by atoms with Crippen LogP contribution in [-0.2, 0) is 4.74 Å². The molecule has 1 fully saturated rings. The number of benzene rings is 1. The van der Waals surface area contributed by atoms with E-state index in [1.165, 1.54) is 44.1 Å². The Balaban J connectivity index is 1.84. The van der Waals surface area contributed by atoms with Crippen molar-refractivity contribution in [1.29, 1.82) is 0 Å². The molecule has 0 aromatic heterocycles. The van der Waals surface area contributed by atoms with Crippen LogP contribution in [0.5, 0.6) is 0 Å². The lowest BCUT2D eigenvalue weighted by Gasteiger charge is -2.29. The summed E-state index contributed by atoms with van der Waals surface area (Å²) in [5.74, 6) is 1.54. The molecule has 1 aromatic rings. The first-order valence-electron chi connectivity index (χ1n) is 7.14. The van der Waals surface area contributed by atoms with E-state index in [2.05, 4.69) is 6.07 Å². The number of hydrogen-bond acceptors (Lipinski definition) is 1. The average Bonchev–Trinajstić information content (AvgIpc) is 2.43. The first-order valence-corrected chi connectivity index (χ1v) is 7.90. The van der Waals surface area contributed by atoms with Gasteiger partial charge in [-0.05, 0) is 68.1 Å². The molecule has 1 nitrogen and oxygen atoms in total. The van der Waals surface area contributed by atoms with Crippen LogP contribution in [0.4, 0.5) is 0 Å². The molecule has 3 heteroatoms. The first-order chi connectivity index (χ1) is 9.20. The Hall–Kier alpha value is -0.240. The van der Waals surface area contributed by atoms with Crippen molar-refractivity contribution < 1.29 is 4.74 Å². The van der Waals surface area contributed by atoms with E-state index >= 15 is 0 Å². The maximum atomic E-state index is 6.10. The summed E-state index contributed by atoms with van der Waals surface area (Å²) < 4.78 is 5.12. The van der Waals surface area contributed by atoms with Crippen LogP contribution in [0.3, 0.4) is 0 Å². The minimum atomic E-state index is 0.652. The largest absolute Gasteiger partial charge is 0.385 e. The zero-order chi connectivity index (χ0) is 13.7. The molecule has 1 aliphatic rings. The maximum Gasteiger partial charge on any atom is 0.0595 e. The Morgan fingerprint density at radius 1 is 1.11 bits per heavy atom. The number of rotatable bonds is 5. The van der Waals surface area contributed by atoms with E-state index in [1.54, 1.807) is 7.11 Å². The highest BCUT2D eigenvalue weighted by Crippen LogP contribution is 2.38. The highest BCUT2D eigenvalue weighted by molar-refractivity contribution is 6.42. The van der Waals surface area contributed by atoms with Gasteiger partial charge in [-0.15, -0.1) is 0 Å². The van der Waals surface area contributed by atoms with Crippen molar-refractivity contribution >= 4 is 23.2 Å². The van der Waals surface area contributed by atoms with Gasteiger partial charge in [0, 0.05) is 13.7 Å². The van der Waals surface area contributed by atoms with Crippen LogP contribution in [0, 0.1) is 5.92 Å². The second-order valence-electron chi connectivity index (χ2n) is 5.53. The molecule has 106 valence electrons. The topological polar surface area (TPSA) is 9.23 Å². The van der Waals surface area contributed by atoms with E-state index in [0.717, 1.165) is 12.5 Å². The van der Waals surface area contributed by atoms with Gasteiger partial charge in [-0.2, -0.15) is 0 Å². The Morgan fingerprint density at radius 2 is 1.84 bits per heavy atom. The van der Waals surface area contributed by atoms with E-state index in [1.807, 2.05) is 12.1 Å². The lowest BCUT2D eigenvalue weighted by Crippen LogP contribution is -2.14. The second-order valence-corrected chi connectivity index (χ2v) is 6.34. The van der Waals surface area contributed by atoms with E-state index in [-0.39, 0.29) is 0 Å². The predicted octanol–water partition coefficient (Wildman–Crippen LogP) is 5.69. The van der Waals surface area contributed by atoms with Crippen LogP contribution >= 0.6 is 23.2 Å². The molecule has 1 aliphatic carbocycles. The molecule has 0 atom stereocenters. The Morgan fingerprint density at radius 3 is 2.47 bits per heavy atom. The van der Waals surface area contributed by atoms with Crippen molar-refractivity contribution in [1.82, 2.24) is 0 Å². The summed E-state index contributed by atoms with van der Waals surface area (Å²) in [6, 6.07) is 6.09. The van der Waals surface area contributed by atoms with E-state index < -0.39 is 0 Å². The molecule has 0 aliphatic heterocycles. The van der Waals surface area contributed by atoms with Gasteiger partial charge in [0.15, 0.2) is 0 Å². The van der Waals surface area contributed by atoms with Gasteiger partial charge in [-0.3, -0.25) is 0 Å². The van der Waals surface area contributed by atoms with E-state index in [4.69, 9.17) is 27.9 Å². The Bertz CT molecular complexity index is 398. The van der Waals surface area contributed by atoms with Crippen LogP contribution in [0.15, 0.2) is 18.2 Å². The van der Waals surface area contributed by atoms with Crippen molar-refractivity contribution in [2.45, 2.75) is 44.4 Å². The summed E-state index contributed by atoms with van der Waals surface area (Å²) in [6.45, 7) is 0.896. The van der Waals surface area contributed by atoms with Gasteiger partial charge in [0.1, 0.15) is 0 Å². The lowest BCUT2D eigenvalue weighted by molar-refractivity contribution is 0.180. The number of halogens is 2. The standard InChI is InChI=1S/C16H22Cl2O/c1-19-10-2-3-12-4-6-13(7-5-12)14-8-9-15(17)16(18)11-14/h8-9,11-13H,2-7,10H2,1H3. The van der Waals surface area contributed by atoms with Crippen molar-refractivity contribution in [3.05, 3.63) is 33.8 Å². The van der Waals surface area contributed by atoms with Crippen LogP contribution in [0.2, 0.25) is 10.0 Å². The normalized spacial score (nSPS) is 23.5. The van der Waals surface area contributed by atoms with Gasteiger partial charge in [0.05, 0.1) is 10.0 Å². The molecule has 0 saturated heterocycles.